The number of aryl methyl sites for hydroxylation is 1. The molecule has 1 heterocycles. The summed E-state index contributed by atoms with van der Waals surface area (Å²) in [5, 5.41) is 13.1. The summed E-state index contributed by atoms with van der Waals surface area (Å²) in [5.41, 5.74) is 1.45. The number of hydrogen-bond acceptors (Lipinski definition) is 10. The Morgan fingerprint density at radius 1 is 1.14 bits per heavy atom. The predicted molar refractivity (Wildman–Crippen MR) is 140 cm³/mol. The first-order valence-corrected chi connectivity index (χ1v) is 12.7. The molecule has 36 heavy (non-hydrogen) atoms. The molecule has 1 aromatic heterocycles. The van der Waals surface area contributed by atoms with E-state index in [0.717, 1.165) is 28.6 Å². The molecule has 0 aliphatic carbocycles. The lowest BCUT2D eigenvalue weighted by Crippen LogP contribution is -2.13. The van der Waals surface area contributed by atoms with Gasteiger partial charge >= 0.3 is 0 Å². The van der Waals surface area contributed by atoms with Gasteiger partial charge in [-0.1, -0.05) is 36.9 Å². The monoisotopic (exact) mass is 526 g/mol. The molecule has 0 aliphatic heterocycles. The normalized spacial score (nSPS) is 10.9. The Balaban J connectivity index is 1.73. The Morgan fingerprint density at radius 2 is 1.83 bits per heavy atom. The highest BCUT2D eigenvalue weighted by Crippen LogP contribution is 2.39. The molecular formula is C25H26N4O5S2. The Morgan fingerprint density at radius 3 is 2.47 bits per heavy atom. The number of methoxy groups -OCH3 is 2. The average molecular weight is 527 g/mol. The Bertz CT molecular complexity index is 1240. The summed E-state index contributed by atoms with van der Waals surface area (Å²) in [6, 6.07) is 13.0. The molecule has 9 nitrogen and oxygen atoms in total. The van der Waals surface area contributed by atoms with Gasteiger partial charge < -0.3 is 18.9 Å². The third kappa shape index (κ3) is 7.13. The predicted octanol–water partition coefficient (Wildman–Crippen LogP) is 4.98. The van der Waals surface area contributed by atoms with E-state index in [1.807, 2.05) is 44.2 Å². The quantitative estimate of drug-likeness (QED) is 0.151. The highest BCUT2D eigenvalue weighted by Gasteiger charge is 2.17. The van der Waals surface area contributed by atoms with Gasteiger partial charge in [-0.05, 0) is 48.1 Å². The van der Waals surface area contributed by atoms with Crippen LogP contribution in [-0.2, 0) is 4.79 Å². The summed E-state index contributed by atoms with van der Waals surface area (Å²) in [5.74, 6) is 2.18. The number of nitrogens with zero attached hydrogens (tertiary/aromatic N) is 3. The minimum atomic E-state index is -0.590. The van der Waals surface area contributed by atoms with Crippen molar-refractivity contribution in [2.24, 2.45) is 0 Å². The minimum Gasteiger partial charge on any atom is -0.493 e. The number of nitriles is 1. The number of anilines is 1. The lowest BCUT2D eigenvalue weighted by molar-refractivity contribution is -0.112. The van der Waals surface area contributed by atoms with E-state index >= 15 is 0 Å². The Kier molecular flexibility index (Phi) is 9.97. The van der Waals surface area contributed by atoms with Crippen molar-refractivity contribution in [1.82, 2.24) is 9.36 Å². The van der Waals surface area contributed by atoms with E-state index in [0.29, 0.717) is 39.7 Å². The highest BCUT2D eigenvalue weighted by molar-refractivity contribution is 7.99. The fourth-order valence-electron chi connectivity index (χ4n) is 3.07. The van der Waals surface area contributed by atoms with Crippen molar-refractivity contribution in [3.05, 3.63) is 53.1 Å². The molecular weight excluding hydrogens is 500 g/mol. The van der Waals surface area contributed by atoms with Gasteiger partial charge in [-0.25, -0.2) is 0 Å². The third-order valence-corrected chi connectivity index (χ3v) is 6.22. The smallest absolute Gasteiger partial charge is 0.268 e. The van der Waals surface area contributed by atoms with Gasteiger partial charge in [0, 0.05) is 11.5 Å². The summed E-state index contributed by atoms with van der Waals surface area (Å²) < 4.78 is 26.8. The van der Waals surface area contributed by atoms with Crippen molar-refractivity contribution in [2.45, 2.75) is 19.0 Å². The van der Waals surface area contributed by atoms with Gasteiger partial charge in [-0.15, -0.1) is 0 Å². The number of carbonyl (C=O) groups excluding carboxylic acids is 1. The number of hydrogen-bond donors (Lipinski definition) is 1. The first kappa shape index (κ1) is 26.8. The van der Waals surface area contributed by atoms with Crippen molar-refractivity contribution < 1.29 is 23.7 Å². The molecule has 3 aromatic rings. The Hall–Kier alpha value is -3.75. The maximum Gasteiger partial charge on any atom is 0.268 e. The van der Waals surface area contributed by atoms with E-state index in [9.17, 15) is 10.1 Å². The van der Waals surface area contributed by atoms with Gasteiger partial charge in [0.2, 0.25) is 16.0 Å². The van der Waals surface area contributed by atoms with Crippen LogP contribution >= 0.6 is 23.3 Å². The largest absolute Gasteiger partial charge is 0.493 e. The molecule has 0 saturated heterocycles. The van der Waals surface area contributed by atoms with Gasteiger partial charge in [0.25, 0.3) is 5.91 Å². The first-order chi connectivity index (χ1) is 17.5. The van der Waals surface area contributed by atoms with E-state index in [4.69, 9.17) is 18.9 Å². The average Bonchev–Trinajstić information content (AvgIpc) is 3.32. The van der Waals surface area contributed by atoms with E-state index < -0.39 is 5.91 Å². The standard InChI is InChI=1S/C25H26N4O5S2/c1-5-35-25-28-24(36-29-25)27-23(30)18(15-26)12-17-13-20(31-3)22(21(14-17)32-4)34-11-10-33-19-9-7-6-8-16(19)2/h6-9,12-14H,5,10-11H2,1-4H3,(H,27,28,29,30)/b18-12-. The molecule has 1 amide bonds. The number of para-hydroxylation sites is 1. The topological polar surface area (TPSA) is 116 Å². The lowest BCUT2D eigenvalue weighted by atomic mass is 10.1. The number of nitrogens with one attached hydrogen (secondary N) is 1. The zero-order valence-corrected chi connectivity index (χ0v) is 22.0. The van der Waals surface area contributed by atoms with Gasteiger partial charge in [-0.3, -0.25) is 10.1 Å². The molecule has 0 saturated carbocycles. The second kappa shape index (κ2) is 13.4. The van der Waals surface area contributed by atoms with E-state index in [-0.39, 0.29) is 12.2 Å². The van der Waals surface area contributed by atoms with Crippen molar-refractivity contribution in [3.8, 4) is 29.1 Å². The number of rotatable bonds is 12. The number of ether oxygens (including phenoxy) is 4. The van der Waals surface area contributed by atoms with Crippen LogP contribution < -0.4 is 24.3 Å². The molecule has 188 valence electrons. The maximum absolute atomic E-state index is 12.6. The van der Waals surface area contributed by atoms with E-state index in [2.05, 4.69) is 14.7 Å². The number of aromatic nitrogens is 2. The van der Waals surface area contributed by atoms with Crippen LogP contribution in [0.4, 0.5) is 5.13 Å². The second-order valence-electron chi connectivity index (χ2n) is 7.16. The Labute approximate surface area is 218 Å². The zero-order chi connectivity index (χ0) is 25.9. The van der Waals surface area contributed by atoms with Crippen LogP contribution in [0.3, 0.4) is 0 Å². The summed E-state index contributed by atoms with van der Waals surface area (Å²) in [6.45, 7) is 4.53. The molecule has 3 rings (SSSR count). The minimum absolute atomic E-state index is 0.112. The van der Waals surface area contributed by atoms with Crippen molar-refractivity contribution in [1.29, 1.82) is 5.26 Å². The fraction of sp³-hybridized carbons (Fsp3) is 0.280. The molecule has 0 spiro atoms. The summed E-state index contributed by atoms with van der Waals surface area (Å²) in [7, 11) is 3.00. The summed E-state index contributed by atoms with van der Waals surface area (Å²) in [4.78, 5) is 16.9. The summed E-state index contributed by atoms with van der Waals surface area (Å²) >= 11 is 2.52. The first-order valence-electron chi connectivity index (χ1n) is 11.0. The highest BCUT2D eigenvalue weighted by atomic mass is 32.2. The van der Waals surface area contributed by atoms with Gasteiger partial charge in [0.15, 0.2) is 11.5 Å². The SMILES string of the molecule is CCSc1nsc(NC(=O)/C(C#N)=C\c2cc(OC)c(OCCOc3ccccc3C)c(OC)c2)n1. The number of benzene rings is 2. The van der Waals surface area contributed by atoms with Gasteiger partial charge in [0.1, 0.15) is 30.6 Å². The number of thioether (sulfide) groups is 1. The maximum atomic E-state index is 12.6. The number of carbonyl (C=O) groups is 1. The molecule has 0 unspecified atom stereocenters. The molecule has 0 bridgehead atoms. The van der Waals surface area contributed by atoms with Crippen LogP contribution in [0, 0.1) is 18.3 Å². The van der Waals surface area contributed by atoms with Crippen LogP contribution in [-0.4, -0.2) is 48.5 Å². The zero-order valence-electron chi connectivity index (χ0n) is 20.4. The third-order valence-electron chi connectivity index (χ3n) is 4.74. The van der Waals surface area contributed by atoms with Gasteiger partial charge in [0.05, 0.1) is 14.2 Å². The van der Waals surface area contributed by atoms with E-state index in [1.165, 1.54) is 32.1 Å². The molecule has 1 N–H and O–H groups in total. The molecule has 0 aliphatic rings. The summed E-state index contributed by atoms with van der Waals surface area (Å²) in [6.07, 6.45) is 1.44. The van der Waals surface area contributed by atoms with Crippen molar-refractivity contribution >= 4 is 40.4 Å². The van der Waals surface area contributed by atoms with Crippen LogP contribution in [0.1, 0.15) is 18.1 Å². The van der Waals surface area contributed by atoms with Crippen LogP contribution in [0.15, 0.2) is 47.1 Å². The second-order valence-corrected chi connectivity index (χ2v) is 9.14. The molecule has 0 atom stereocenters. The van der Waals surface area contributed by atoms with Crippen molar-refractivity contribution in [2.75, 3.05) is 38.5 Å². The van der Waals surface area contributed by atoms with Gasteiger partial charge in [-0.2, -0.15) is 14.6 Å². The van der Waals surface area contributed by atoms with Crippen molar-refractivity contribution in [3.63, 3.8) is 0 Å². The van der Waals surface area contributed by atoms with Crippen LogP contribution in [0.25, 0.3) is 6.08 Å². The molecule has 11 heteroatoms. The van der Waals surface area contributed by atoms with E-state index in [1.54, 1.807) is 12.1 Å². The van der Waals surface area contributed by atoms with Crippen LogP contribution in [0.5, 0.6) is 23.0 Å². The number of amides is 1. The fourth-order valence-corrected chi connectivity index (χ4v) is 4.33. The molecule has 0 fully saturated rings. The lowest BCUT2D eigenvalue weighted by Gasteiger charge is -2.16. The van der Waals surface area contributed by atoms with Crippen LogP contribution in [0.2, 0.25) is 0 Å². The molecule has 0 radical (unpaired) electrons. The molecule has 2 aromatic carbocycles.